The van der Waals surface area contributed by atoms with E-state index in [1.807, 2.05) is 0 Å². The van der Waals surface area contributed by atoms with Gasteiger partial charge in [-0.3, -0.25) is 0 Å². The molecule has 18 heavy (non-hydrogen) atoms. The predicted octanol–water partition coefficient (Wildman–Crippen LogP) is 1.98. The number of rotatable bonds is 3. The highest BCUT2D eigenvalue weighted by atomic mass is 16.4. The largest absolute Gasteiger partial charge is 0.508 e. The van der Waals surface area contributed by atoms with Gasteiger partial charge in [-0.25, -0.2) is 4.79 Å². The van der Waals surface area contributed by atoms with Crippen LogP contribution in [0.1, 0.15) is 12.5 Å². The molecule has 1 aromatic carbocycles. The summed E-state index contributed by atoms with van der Waals surface area (Å²) in [5, 5.41) is 20.3. The molecule has 2 aromatic rings. The fraction of sp³-hybridized carbons (Fsp3) is 0.214. The first-order chi connectivity index (χ1) is 8.49. The van der Waals surface area contributed by atoms with Gasteiger partial charge in [-0.05, 0) is 25.1 Å². The number of phenolic OH excluding ortho intramolecular Hbond substituents is 1. The van der Waals surface area contributed by atoms with Gasteiger partial charge in [0, 0.05) is 23.4 Å². The Morgan fingerprint density at radius 3 is 2.72 bits per heavy atom. The number of aromatic hydroxyl groups is 1. The third-order valence-electron chi connectivity index (χ3n) is 2.83. The highest BCUT2D eigenvalue weighted by Gasteiger charge is 2.15. The lowest BCUT2D eigenvalue weighted by Gasteiger charge is -2.12. The molecule has 0 unspecified atom stereocenters. The van der Waals surface area contributed by atoms with Crippen LogP contribution in [-0.2, 0) is 6.42 Å². The molecular formula is C14H14O4. The van der Waals surface area contributed by atoms with Crippen LogP contribution in [0.5, 0.6) is 5.75 Å². The minimum atomic E-state index is -0.785. The van der Waals surface area contributed by atoms with Crippen LogP contribution in [0.15, 0.2) is 45.6 Å². The van der Waals surface area contributed by atoms with Crippen LogP contribution >= 0.6 is 0 Å². The van der Waals surface area contributed by atoms with Gasteiger partial charge in [-0.15, -0.1) is 0 Å². The zero-order valence-electron chi connectivity index (χ0n) is 10.0. The summed E-state index contributed by atoms with van der Waals surface area (Å²) in [5.41, 5.74) is 0.826. The summed E-state index contributed by atoms with van der Waals surface area (Å²) in [6, 6.07) is 6.11. The van der Waals surface area contributed by atoms with Crippen molar-refractivity contribution in [1.29, 1.82) is 0 Å². The van der Waals surface area contributed by atoms with Crippen molar-refractivity contribution in [2.24, 2.45) is 0 Å². The van der Waals surface area contributed by atoms with Crippen LogP contribution in [0.4, 0.5) is 0 Å². The lowest BCUT2D eigenvalue weighted by Crippen LogP contribution is -2.12. The third kappa shape index (κ3) is 2.28. The molecule has 0 saturated carbocycles. The topological polar surface area (TPSA) is 70.7 Å². The smallest absolute Gasteiger partial charge is 0.336 e. The van der Waals surface area contributed by atoms with Gasteiger partial charge in [-0.2, -0.15) is 0 Å². The van der Waals surface area contributed by atoms with E-state index in [1.54, 1.807) is 19.1 Å². The van der Waals surface area contributed by atoms with Crippen molar-refractivity contribution in [3.63, 3.8) is 0 Å². The van der Waals surface area contributed by atoms with Crippen molar-refractivity contribution < 1.29 is 14.6 Å². The summed E-state index contributed by atoms with van der Waals surface area (Å²) in [6.07, 6.45) is -0.627. The molecule has 0 radical (unpaired) electrons. The fourth-order valence-electron chi connectivity index (χ4n) is 1.74. The summed E-state index contributed by atoms with van der Waals surface area (Å²) in [4.78, 5) is 11.2. The molecular weight excluding hydrogens is 232 g/mol. The van der Waals surface area contributed by atoms with Crippen molar-refractivity contribution in [3.8, 4) is 5.75 Å². The molecule has 1 heterocycles. The van der Waals surface area contributed by atoms with Gasteiger partial charge in [0.05, 0.1) is 6.10 Å². The normalized spacial score (nSPS) is 12.6. The second-order valence-corrected chi connectivity index (χ2v) is 4.30. The molecule has 0 saturated heterocycles. The molecule has 1 atom stereocenters. The Kier molecular flexibility index (Phi) is 3.21. The van der Waals surface area contributed by atoms with E-state index in [4.69, 9.17) is 4.42 Å². The SMILES string of the molecule is C=C(C)[C@@H](O)Cc1c(O)ccc2ccc(=O)oc12. The highest BCUT2D eigenvalue weighted by molar-refractivity contribution is 5.82. The van der Waals surface area contributed by atoms with Crippen molar-refractivity contribution in [3.05, 3.63) is 52.4 Å². The number of aliphatic hydroxyl groups is 1. The summed E-state index contributed by atoms with van der Waals surface area (Å²) in [5.74, 6) is -0.00264. The van der Waals surface area contributed by atoms with Gasteiger partial charge in [0.1, 0.15) is 11.3 Å². The minimum Gasteiger partial charge on any atom is -0.508 e. The van der Waals surface area contributed by atoms with Crippen molar-refractivity contribution in [2.75, 3.05) is 0 Å². The monoisotopic (exact) mass is 246 g/mol. The van der Waals surface area contributed by atoms with Gasteiger partial charge in [0.15, 0.2) is 0 Å². The number of benzene rings is 1. The third-order valence-corrected chi connectivity index (χ3v) is 2.83. The molecule has 0 aliphatic rings. The predicted molar refractivity (Wildman–Crippen MR) is 68.7 cm³/mol. The van der Waals surface area contributed by atoms with Crippen LogP contribution in [0.3, 0.4) is 0 Å². The maximum Gasteiger partial charge on any atom is 0.336 e. The van der Waals surface area contributed by atoms with Gasteiger partial charge in [-0.1, -0.05) is 12.2 Å². The second kappa shape index (κ2) is 4.66. The summed E-state index contributed by atoms with van der Waals surface area (Å²) in [6.45, 7) is 5.35. The van der Waals surface area contributed by atoms with Crippen LogP contribution < -0.4 is 5.63 Å². The summed E-state index contributed by atoms with van der Waals surface area (Å²) in [7, 11) is 0. The number of fused-ring (bicyclic) bond motifs is 1. The second-order valence-electron chi connectivity index (χ2n) is 4.30. The molecule has 0 aliphatic carbocycles. The molecule has 0 amide bonds. The average Bonchev–Trinajstić information content (AvgIpc) is 2.32. The van der Waals surface area contributed by atoms with E-state index >= 15 is 0 Å². The van der Waals surface area contributed by atoms with Gasteiger partial charge in [0.2, 0.25) is 0 Å². The summed E-state index contributed by atoms with van der Waals surface area (Å²) < 4.78 is 5.10. The number of phenols is 1. The molecule has 4 nitrogen and oxygen atoms in total. The Morgan fingerprint density at radius 1 is 1.39 bits per heavy atom. The lowest BCUT2D eigenvalue weighted by molar-refractivity contribution is 0.210. The van der Waals surface area contributed by atoms with Gasteiger partial charge >= 0.3 is 5.63 Å². The van der Waals surface area contributed by atoms with E-state index in [0.29, 0.717) is 22.1 Å². The first-order valence-electron chi connectivity index (χ1n) is 5.57. The molecule has 1 aromatic heterocycles. The van der Waals surface area contributed by atoms with Crippen LogP contribution in [-0.4, -0.2) is 16.3 Å². The van der Waals surface area contributed by atoms with E-state index in [1.165, 1.54) is 12.1 Å². The molecule has 4 heteroatoms. The fourth-order valence-corrected chi connectivity index (χ4v) is 1.74. The molecule has 0 aliphatic heterocycles. The van der Waals surface area contributed by atoms with E-state index in [-0.39, 0.29) is 12.2 Å². The Bertz CT molecular complexity index is 654. The zero-order valence-corrected chi connectivity index (χ0v) is 10.0. The molecule has 2 rings (SSSR count). The van der Waals surface area contributed by atoms with Crippen LogP contribution in [0.25, 0.3) is 11.0 Å². The maximum atomic E-state index is 11.2. The first-order valence-corrected chi connectivity index (χ1v) is 5.57. The number of hydrogen-bond donors (Lipinski definition) is 2. The minimum absolute atomic E-state index is 0.00264. The van der Waals surface area contributed by atoms with Crippen LogP contribution in [0.2, 0.25) is 0 Å². The molecule has 0 fully saturated rings. The molecule has 94 valence electrons. The first kappa shape index (κ1) is 12.4. The van der Waals surface area contributed by atoms with Crippen molar-refractivity contribution in [1.82, 2.24) is 0 Å². The zero-order chi connectivity index (χ0) is 13.3. The standard InChI is InChI=1S/C14H14O4/c1-8(2)12(16)7-10-11(15)5-3-9-4-6-13(17)18-14(9)10/h3-6,12,15-16H,1,7H2,2H3/t12-/m0/s1. The Labute approximate surface area is 104 Å². The van der Waals surface area contributed by atoms with E-state index in [9.17, 15) is 15.0 Å². The lowest BCUT2D eigenvalue weighted by atomic mass is 10.0. The van der Waals surface area contributed by atoms with Gasteiger partial charge in [0.25, 0.3) is 0 Å². The van der Waals surface area contributed by atoms with Crippen LogP contribution in [0, 0.1) is 0 Å². The quantitative estimate of drug-likeness (QED) is 0.641. The molecule has 2 N–H and O–H groups in total. The van der Waals surface area contributed by atoms with E-state index in [2.05, 4.69) is 6.58 Å². The van der Waals surface area contributed by atoms with Gasteiger partial charge < -0.3 is 14.6 Å². The number of hydrogen-bond acceptors (Lipinski definition) is 4. The van der Waals surface area contributed by atoms with E-state index < -0.39 is 11.7 Å². The highest BCUT2D eigenvalue weighted by Crippen LogP contribution is 2.28. The maximum absolute atomic E-state index is 11.2. The van der Waals surface area contributed by atoms with E-state index in [0.717, 1.165) is 0 Å². The molecule has 0 spiro atoms. The number of aliphatic hydroxyl groups excluding tert-OH is 1. The Balaban J connectivity index is 2.60. The molecule has 0 bridgehead atoms. The summed E-state index contributed by atoms with van der Waals surface area (Å²) >= 11 is 0. The average molecular weight is 246 g/mol. The van der Waals surface area contributed by atoms with Crippen molar-refractivity contribution >= 4 is 11.0 Å². The Hall–Kier alpha value is -2.07. The van der Waals surface area contributed by atoms with Crippen molar-refractivity contribution in [2.45, 2.75) is 19.4 Å². The Morgan fingerprint density at radius 2 is 2.06 bits per heavy atom.